The van der Waals surface area contributed by atoms with E-state index in [1.54, 1.807) is 48.5 Å². The number of hydrogen-bond donors (Lipinski definition) is 1. The molecule has 2 rings (SSSR count). The number of carbonyl (C=O) groups is 4. The highest BCUT2D eigenvalue weighted by Crippen LogP contribution is 2.12. The molecule has 2 aromatic carbocycles. The molecule has 0 atom stereocenters. The molecule has 2 aromatic rings. The van der Waals surface area contributed by atoms with Crippen LogP contribution in [0.1, 0.15) is 46.5 Å². The Labute approximate surface area is 181 Å². The van der Waals surface area contributed by atoms with E-state index in [4.69, 9.17) is 4.74 Å². The molecule has 0 fully saturated rings. The molecule has 0 bridgehead atoms. The Morgan fingerprint density at radius 2 is 1.55 bits per heavy atom. The van der Waals surface area contributed by atoms with Crippen molar-refractivity contribution in [3.8, 4) is 0 Å². The summed E-state index contributed by atoms with van der Waals surface area (Å²) in [6, 6.07) is 12.9. The number of ether oxygens (including phenoxy) is 2. The van der Waals surface area contributed by atoms with Crippen LogP contribution in [0.4, 0.5) is 5.69 Å². The van der Waals surface area contributed by atoms with Crippen molar-refractivity contribution in [2.45, 2.75) is 20.3 Å². The largest absolute Gasteiger partial charge is 0.465 e. The van der Waals surface area contributed by atoms with Gasteiger partial charge in [-0.2, -0.15) is 0 Å². The summed E-state index contributed by atoms with van der Waals surface area (Å²) < 4.78 is 9.60. The minimum atomic E-state index is -0.664. The van der Waals surface area contributed by atoms with Crippen LogP contribution < -0.4 is 5.32 Å². The highest BCUT2D eigenvalue weighted by molar-refractivity contribution is 5.99. The molecule has 162 valence electrons. The van der Waals surface area contributed by atoms with Gasteiger partial charge in [0.05, 0.1) is 12.7 Å². The zero-order chi connectivity index (χ0) is 22.8. The van der Waals surface area contributed by atoms with E-state index in [2.05, 4.69) is 10.1 Å². The molecule has 0 aliphatic heterocycles. The number of Topliss-reactive ketones (excluding diaryl/α,β-unsaturated/α-hetero) is 1. The van der Waals surface area contributed by atoms with Crippen molar-refractivity contribution in [3.63, 3.8) is 0 Å². The van der Waals surface area contributed by atoms with Gasteiger partial charge in [0.15, 0.2) is 12.4 Å². The van der Waals surface area contributed by atoms with E-state index in [1.165, 1.54) is 19.3 Å². The normalized spacial score (nSPS) is 10.7. The van der Waals surface area contributed by atoms with Gasteiger partial charge in [0.25, 0.3) is 0 Å². The third-order valence-electron chi connectivity index (χ3n) is 4.17. The number of benzene rings is 2. The smallest absolute Gasteiger partial charge is 0.337 e. The quantitative estimate of drug-likeness (QED) is 0.373. The molecule has 0 saturated heterocycles. The lowest BCUT2D eigenvalue weighted by Gasteiger charge is -2.08. The van der Waals surface area contributed by atoms with Gasteiger partial charge in [-0.25, -0.2) is 9.59 Å². The molecule has 0 aliphatic carbocycles. The van der Waals surface area contributed by atoms with E-state index >= 15 is 0 Å². The van der Waals surface area contributed by atoms with Crippen LogP contribution in [0.3, 0.4) is 0 Å². The summed E-state index contributed by atoms with van der Waals surface area (Å²) in [6.07, 6.45) is 3.13. The Kier molecular flexibility index (Phi) is 8.69. The van der Waals surface area contributed by atoms with Gasteiger partial charge in [-0.1, -0.05) is 26.0 Å². The van der Waals surface area contributed by atoms with E-state index in [0.29, 0.717) is 28.8 Å². The second kappa shape index (κ2) is 11.4. The Hall–Kier alpha value is -3.74. The molecule has 0 unspecified atom stereocenters. The summed E-state index contributed by atoms with van der Waals surface area (Å²) in [6.45, 7) is 3.51. The molecule has 7 nitrogen and oxygen atoms in total. The predicted octanol–water partition coefficient (Wildman–Crippen LogP) is 3.90. The fourth-order valence-corrected chi connectivity index (χ4v) is 2.60. The molecule has 0 radical (unpaired) electrons. The monoisotopic (exact) mass is 423 g/mol. The van der Waals surface area contributed by atoms with E-state index in [9.17, 15) is 19.2 Å². The van der Waals surface area contributed by atoms with E-state index in [1.807, 2.05) is 13.8 Å². The van der Waals surface area contributed by atoms with Crippen molar-refractivity contribution < 1.29 is 28.7 Å². The molecule has 0 aliphatic rings. The number of ketones is 1. The van der Waals surface area contributed by atoms with Crippen LogP contribution in [0, 0.1) is 5.92 Å². The van der Waals surface area contributed by atoms with Gasteiger partial charge in [-0.3, -0.25) is 9.59 Å². The molecule has 0 saturated carbocycles. The third kappa shape index (κ3) is 7.89. The van der Waals surface area contributed by atoms with Gasteiger partial charge in [-0.15, -0.1) is 0 Å². The highest BCUT2D eigenvalue weighted by Gasteiger charge is 2.10. The summed E-state index contributed by atoms with van der Waals surface area (Å²) in [5.41, 5.74) is 2.06. The van der Waals surface area contributed by atoms with Gasteiger partial charge in [0.2, 0.25) is 5.91 Å². The van der Waals surface area contributed by atoms with Crippen molar-refractivity contribution in [2.75, 3.05) is 19.0 Å². The standard InChI is InChI=1S/C24H25NO6/c1-16(2)14-22(27)25-20-11-9-18(10-12-20)21(26)15-31-23(28)13-6-17-4-7-19(8-5-17)24(29)30-3/h4-13,16H,14-15H2,1-3H3,(H,25,27)/b13-6+. The van der Waals surface area contributed by atoms with E-state index < -0.39 is 18.5 Å². The zero-order valence-electron chi connectivity index (χ0n) is 17.7. The van der Waals surface area contributed by atoms with Crippen LogP contribution in [0.15, 0.2) is 54.6 Å². The maximum absolute atomic E-state index is 12.2. The summed E-state index contributed by atoms with van der Waals surface area (Å²) in [7, 11) is 1.30. The average Bonchev–Trinajstić information content (AvgIpc) is 2.75. The maximum atomic E-state index is 12.2. The van der Waals surface area contributed by atoms with Gasteiger partial charge in [0, 0.05) is 23.7 Å². The average molecular weight is 423 g/mol. The van der Waals surface area contributed by atoms with Gasteiger partial charge < -0.3 is 14.8 Å². The molecule has 1 N–H and O–H groups in total. The minimum Gasteiger partial charge on any atom is -0.465 e. The molecule has 0 spiro atoms. The first kappa shape index (κ1) is 23.5. The Morgan fingerprint density at radius 1 is 0.935 bits per heavy atom. The van der Waals surface area contributed by atoms with Gasteiger partial charge >= 0.3 is 11.9 Å². The first-order valence-corrected chi connectivity index (χ1v) is 9.75. The lowest BCUT2D eigenvalue weighted by molar-refractivity contribution is -0.136. The number of esters is 2. The number of amides is 1. The second-order valence-corrected chi connectivity index (χ2v) is 7.20. The summed E-state index contributed by atoms with van der Waals surface area (Å²) in [4.78, 5) is 47.2. The summed E-state index contributed by atoms with van der Waals surface area (Å²) in [5.74, 6) is -1.30. The molecule has 0 heterocycles. The van der Waals surface area contributed by atoms with Gasteiger partial charge in [-0.05, 0) is 54.0 Å². The molecular weight excluding hydrogens is 398 g/mol. The molecule has 0 aromatic heterocycles. The predicted molar refractivity (Wildman–Crippen MR) is 117 cm³/mol. The van der Waals surface area contributed by atoms with E-state index in [0.717, 1.165) is 0 Å². The first-order valence-electron chi connectivity index (χ1n) is 9.75. The fourth-order valence-electron chi connectivity index (χ4n) is 2.60. The molecular formula is C24H25NO6. The van der Waals surface area contributed by atoms with Crippen LogP contribution in [-0.4, -0.2) is 37.3 Å². The lowest BCUT2D eigenvalue weighted by atomic mass is 10.1. The van der Waals surface area contributed by atoms with Crippen molar-refractivity contribution in [2.24, 2.45) is 5.92 Å². The van der Waals surface area contributed by atoms with Crippen LogP contribution in [0.25, 0.3) is 6.08 Å². The third-order valence-corrected chi connectivity index (χ3v) is 4.17. The zero-order valence-corrected chi connectivity index (χ0v) is 17.7. The topological polar surface area (TPSA) is 98.8 Å². The van der Waals surface area contributed by atoms with Crippen LogP contribution >= 0.6 is 0 Å². The number of nitrogens with one attached hydrogen (secondary N) is 1. The molecule has 1 amide bonds. The number of hydrogen-bond acceptors (Lipinski definition) is 6. The van der Waals surface area contributed by atoms with Crippen molar-refractivity contribution in [1.82, 2.24) is 0 Å². The number of carbonyl (C=O) groups excluding carboxylic acids is 4. The van der Waals surface area contributed by atoms with Crippen molar-refractivity contribution in [1.29, 1.82) is 0 Å². The SMILES string of the molecule is COC(=O)c1ccc(/C=C/C(=O)OCC(=O)c2ccc(NC(=O)CC(C)C)cc2)cc1. The maximum Gasteiger partial charge on any atom is 0.337 e. The Morgan fingerprint density at radius 3 is 2.13 bits per heavy atom. The Balaban J connectivity index is 1.83. The second-order valence-electron chi connectivity index (χ2n) is 7.20. The number of anilines is 1. The Bertz CT molecular complexity index is 959. The number of methoxy groups -OCH3 is 1. The van der Waals surface area contributed by atoms with Crippen molar-refractivity contribution in [3.05, 3.63) is 71.3 Å². The summed E-state index contributed by atoms with van der Waals surface area (Å²) >= 11 is 0. The number of rotatable bonds is 9. The van der Waals surface area contributed by atoms with Crippen LogP contribution in [-0.2, 0) is 19.1 Å². The van der Waals surface area contributed by atoms with Gasteiger partial charge in [0.1, 0.15) is 0 Å². The highest BCUT2D eigenvalue weighted by atomic mass is 16.5. The molecule has 7 heteroatoms. The minimum absolute atomic E-state index is 0.0882. The lowest BCUT2D eigenvalue weighted by Crippen LogP contribution is -2.14. The van der Waals surface area contributed by atoms with Crippen LogP contribution in [0.5, 0.6) is 0 Å². The van der Waals surface area contributed by atoms with Crippen molar-refractivity contribution >= 4 is 35.4 Å². The summed E-state index contributed by atoms with van der Waals surface area (Å²) in [5, 5.41) is 2.76. The fraction of sp³-hybridized carbons (Fsp3) is 0.250. The van der Waals surface area contributed by atoms with Crippen LogP contribution in [0.2, 0.25) is 0 Å². The van der Waals surface area contributed by atoms with E-state index in [-0.39, 0.29) is 17.6 Å². The first-order chi connectivity index (χ1) is 14.8. The molecule has 31 heavy (non-hydrogen) atoms.